The van der Waals surface area contributed by atoms with Crippen molar-refractivity contribution in [3.05, 3.63) is 36.7 Å². The Hall–Kier alpha value is -2.34. The molecule has 2 heterocycles. The Morgan fingerprint density at radius 3 is 3.04 bits per heavy atom. The van der Waals surface area contributed by atoms with Crippen molar-refractivity contribution < 1.29 is 14.6 Å². The number of aliphatic hydroxyl groups excluding tert-OH is 1. The maximum Gasteiger partial charge on any atom is 0.222 e. The van der Waals surface area contributed by atoms with Gasteiger partial charge in [-0.2, -0.15) is 0 Å². The summed E-state index contributed by atoms with van der Waals surface area (Å²) in [5.74, 6) is 2.09. The molecule has 2 aromatic rings. The topological polar surface area (TPSA) is 67.6 Å². The normalized spacial score (nSPS) is 17.7. The summed E-state index contributed by atoms with van der Waals surface area (Å²) in [6, 6.07) is 7.67. The summed E-state index contributed by atoms with van der Waals surface area (Å²) in [5, 5.41) is 8.85. The third-order valence-corrected chi connectivity index (χ3v) is 4.04. The molecule has 0 radical (unpaired) electrons. The molecule has 1 aliphatic rings. The lowest BCUT2D eigenvalue weighted by molar-refractivity contribution is -0.126. The van der Waals surface area contributed by atoms with Crippen molar-refractivity contribution in [1.29, 1.82) is 0 Å². The van der Waals surface area contributed by atoms with Crippen molar-refractivity contribution in [1.82, 2.24) is 14.5 Å². The first-order chi connectivity index (χ1) is 11.2. The molecule has 1 fully saturated rings. The molecule has 6 nitrogen and oxygen atoms in total. The number of carbonyl (C=O) groups is 1. The van der Waals surface area contributed by atoms with Gasteiger partial charge in [0.2, 0.25) is 5.91 Å². The molecule has 1 amide bonds. The molecule has 3 rings (SSSR count). The van der Waals surface area contributed by atoms with Crippen LogP contribution in [0.25, 0.3) is 11.4 Å². The van der Waals surface area contributed by atoms with E-state index in [2.05, 4.69) is 9.55 Å². The maximum absolute atomic E-state index is 11.7. The predicted octanol–water partition coefficient (Wildman–Crippen LogP) is 1.40. The van der Waals surface area contributed by atoms with Gasteiger partial charge in [-0.05, 0) is 12.1 Å². The summed E-state index contributed by atoms with van der Waals surface area (Å²) in [4.78, 5) is 17.9. The molecular weight excluding hydrogens is 294 g/mol. The van der Waals surface area contributed by atoms with Crippen LogP contribution >= 0.6 is 0 Å². The molecule has 0 saturated carbocycles. The van der Waals surface area contributed by atoms with Gasteiger partial charge in [-0.25, -0.2) is 4.98 Å². The zero-order chi connectivity index (χ0) is 16.2. The summed E-state index contributed by atoms with van der Waals surface area (Å²) in [5.41, 5.74) is 0.961. The van der Waals surface area contributed by atoms with Gasteiger partial charge in [-0.15, -0.1) is 0 Å². The van der Waals surface area contributed by atoms with E-state index in [0.717, 1.165) is 24.5 Å². The van der Waals surface area contributed by atoms with Crippen molar-refractivity contribution >= 4 is 5.91 Å². The van der Waals surface area contributed by atoms with E-state index in [1.54, 1.807) is 11.1 Å². The van der Waals surface area contributed by atoms with E-state index >= 15 is 0 Å². The Morgan fingerprint density at radius 1 is 1.43 bits per heavy atom. The number of benzene rings is 1. The van der Waals surface area contributed by atoms with Crippen LogP contribution in [0.2, 0.25) is 0 Å². The number of amides is 1. The molecule has 1 saturated heterocycles. The Bertz CT molecular complexity index is 683. The van der Waals surface area contributed by atoms with Crippen LogP contribution in [0.15, 0.2) is 36.7 Å². The number of nitrogens with zero attached hydrogens (tertiary/aromatic N) is 3. The molecule has 122 valence electrons. The summed E-state index contributed by atoms with van der Waals surface area (Å²) < 4.78 is 7.54. The number of likely N-dealkylation sites (tertiary alicyclic amines) is 1. The maximum atomic E-state index is 11.7. The van der Waals surface area contributed by atoms with Gasteiger partial charge in [-0.1, -0.05) is 12.1 Å². The van der Waals surface area contributed by atoms with Crippen molar-refractivity contribution in [2.75, 3.05) is 26.8 Å². The largest absolute Gasteiger partial charge is 0.491 e. The van der Waals surface area contributed by atoms with Gasteiger partial charge in [0.1, 0.15) is 18.2 Å². The fourth-order valence-electron chi connectivity index (χ4n) is 2.96. The van der Waals surface area contributed by atoms with Crippen LogP contribution in [0, 0.1) is 5.92 Å². The lowest BCUT2D eigenvalue weighted by Gasteiger charge is -2.14. The number of hydrogen-bond acceptors (Lipinski definition) is 4. The zero-order valence-electron chi connectivity index (χ0n) is 13.2. The van der Waals surface area contributed by atoms with Crippen LogP contribution in [0.4, 0.5) is 0 Å². The Morgan fingerprint density at radius 2 is 2.30 bits per heavy atom. The second-order valence-corrected chi connectivity index (χ2v) is 5.85. The average molecular weight is 315 g/mol. The minimum Gasteiger partial charge on any atom is -0.491 e. The molecule has 1 aromatic heterocycles. The highest BCUT2D eigenvalue weighted by Gasteiger charge is 2.27. The van der Waals surface area contributed by atoms with Crippen molar-refractivity contribution in [2.45, 2.75) is 13.0 Å². The van der Waals surface area contributed by atoms with E-state index in [1.165, 1.54) is 0 Å². The van der Waals surface area contributed by atoms with Crippen molar-refractivity contribution in [2.24, 2.45) is 5.92 Å². The molecule has 23 heavy (non-hydrogen) atoms. The van der Waals surface area contributed by atoms with Crippen molar-refractivity contribution in [3.63, 3.8) is 0 Å². The van der Waals surface area contributed by atoms with Gasteiger partial charge >= 0.3 is 0 Å². The lowest BCUT2D eigenvalue weighted by Crippen LogP contribution is -2.20. The second kappa shape index (κ2) is 6.83. The highest BCUT2D eigenvalue weighted by atomic mass is 16.5. The summed E-state index contributed by atoms with van der Waals surface area (Å²) in [6.07, 6.45) is 4.31. The standard InChI is InChI=1S/C17H21N3O3/c1-19-11-13(9-16(19)22)12-20-6-5-18-17(20)14-3-2-4-15(10-14)23-8-7-21/h2-6,10,13,21H,7-9,11-12H2,1H3. The first kappa shape index (κ1) is 15.6. The predicted molar refractivity (Wildman–Crippen MR) is 86.0 cm³/mol. The van der Waals surface area contributed by atoms with E-state index in [9.17, 15) is 4.79 Å². The molecule has 0 bridgehead atoms. The monoisotopic (exact) mass is 315 g/mol. The lowest BCUT2D eigenvalue weighted by atomic mass is 10.1. The van der Waals surface area contributed by atoms with Crippen LogP contribution in [0.1, 0.15) is 6.42 Å². The van der Waals surface area contributed by atoms with Crippen LogP contribution in [-0.2, 0) is 11.3 Å². The molecule has 0 spiro atoms. The Balaban J connectivity index is 1.77. The Labute approximate surface area is 135 Å². The van der Waals surface area contributed by atoms with E-state index in [-0.39, 0.29) is 19.1 Å². The number of aliphatic hydroxyl groups is 1. The molecule has 1 aliphatic heterocycles. The molecular formula is C17H21N3O3. The minimum atomic E-state index is -0.0118. The van der Waals surface area contributed by atoms with Crippen LogP contribution < -0.4 is 4.74 Å². The third kappa shape index (κ3) is 3.53. The smallest absolute Gasteiger partial charge is 0.222 e. The molecule has 0 aliphatic carbocycles. The number of ether oxygens (including phenoxy) is 1. The van der Waals surface area contributed by atoms with Crippen LogP contribution in [0.5, 0.6) is 5.75 Å². The fourth-order valence-corrected chi connectivity index (χ4v) is 2.96. The van der Waals surface area contributed by atoms with Gasteiger partial charge in [0.15, 0.2) is 0 Å². The summed E-state index contributed by atoms with van der Waals surface area (Å²) in [7, 11) is 1.85. The quantitative estimate of drug-likeness (QED) is 0.875. The van der Waals surface area contributed by atoms with Gasteiger partial charge < -0.3 is 19.3 Å². The summed E-state index contributed by atoms with van der Waals surface area (Å²) >= 11 is 0. The Kier molecular flexibility index (Phi) is 4.62. The number of imidazole rings is 1. The highest BCUT2D eigenvalue weighted by molar-refractivity contribution is 5.78. The number of aromatic nitrogens is 2. The van der Waals surface area contributed by atoms with E-state index in [1.807, 2.05) is 37.5 Å². The molecule has 1 N–H and O–H groups in total. The molecule has 1 atom stereocenters. The minimum absolute atomic E-state index is 0.0118. The molecule has 6 heteroatoms. The second-order valence-electron chi connectivity index (χ2n) is 5.85. The van der Waals surface area contributed by atoms with Crippen molar-refractivity contribution in [3.8, 4) is 17.1 Å². The van der Waals surface area contributed by atoms with E-state index in [4.69, 9.17) is 9.84 Å². The fraction of sp³-hybridized carbons (Fsp3) is 0.412. The third-order valence-electron chi connectivity index (χ3n) is 4.04. The molecule has 1 aromatic carbocycles. The molecule has 1 unspecified atom stereocenters. The first-order valence-electron chi connectivity index (χ1n) is 7.76. The average Bonchev–Trinajstić information content (AvgIpc) is 3.13. The number of hydrogen-bond donors (Lipinski definition) is 1. The van der Waals surface area contributed by atoms with Crippen LogP contribution in [-0.4, -0.2) is 52.3 Å². The van der Waals surface area contributed by atoms with E-state index < -0.39 is 0 Å². The summed E-state index contributed by atoms with van der Waals surface area (Å²) in [6.45, 7) is 1.82. The zero-order valence-corrected chi connectivity index (χ0v) is 13.2. The van der Waals surface area contributed by atoms with Gasteiger partial charge in [-0.3, -0.25) is 4.79 Å². The van der Waals surface area contributed by atoms with Gasteiger partial charge in [0.25, 0.3) is 0 Å². The number of rotatable bonds is 6. The van der Waals surface area contributed by atoms with E-state index in [0.29, 0.717) is 18.1 Å². The number of carbonyl (C=O) groups excluding carboxylic acids is 1. The van der Waals surface area contributed by atoms with Gasteiger partial charge in [0.05, 0.1) is 6.61 Å². The highest BCUT2D eigenvalue weighted by Crippen LogP contribution is 2.25. The SMILES string of the molecule is CN1CC(Cn2ccnc2-c2cccc(OCCO)c2)CC1=O. The van der Waals surface area contributed by atoms with Crippen LogP contribution in [0.3, 0.4) is 0 Å². The first-order valence-corrected chi connectivity index (χ1v) is 7.76. The van der Waals surface area contributed by atoms with Gasteiger partial charge in [0, 0.05) is 50.4 Å².